The first kappa shape index (κ1) is 76.6. The lowest BCUT2D eigenvalue weighted by Gasteiger charge is -2.43. The SMILES string of the molecule is N#Cc1cc(-c2nccc(Nc3ccc(N4CCN(C5COC5)CC4)cc3)n2)ccc1OC1CCS(=O)(=O)CC1.N#Cc1cc(-c2nccc(Nc3ccc(N4CCN(C5COC5)CC4)cc3)n2)ccc1OC1CCSCC1.N#Cc1cc(-c2nccc(Nc3ccc(N4CCNCC4)cc3)n2)ccc1OC1CCOCC1. The number of nitrogens with zero attached hydrogens (tertiary/aromatic N) is 14. The highest BCUT2D eigenvalue weighted by molar-refractivity contribution is 7.99. The van der Waals surface area contributed by atoms with E-state index >= 15 is 0 Å². The van der Waals surface area contributed by atoms with Crippen LogP contribution >= 0.6 is 11.8 Å². The van der Waals surface area contributed by atoms with Crippen molar-refractivity contribution in [3.8, 4) is 69.6 Å². The summed E-state index contributed by atoms with van der Waals surface area (Å²) in [5.41, 5.74) is 10.1. The second kappa shape index (κ2) is 37.1. The number of anilines is 9. The van der Waals surface area contributed by atoms with Crippen LogP contribution in [0.3, 0.4) is 0 Å². The summed E-state index contributed by atoms with van der Waals surface area (Å²) in [4.78, 5) is 39.6. The molecule has 3 aromatic heterocycles. The molecule has 0 unspecified atom stereocenters. The normalized spacial score (nSPS) is 18.6. The summed E-state index contributed by atoms with van der Waals surface area (Å²) in [5, 5.41) is 42.6. The minimum atomic E-state index is -2.98. The molecule has 0 bridgehead atoms. The minimum absolute atomic E-state index is 0.0773. The Morgan fingerprint density at radius 1 is 0.420 bits per heavy atom. The number of rotatable bonds is 20. The van der Waals surface area contributed by atoms with Crippen LogP contribution in [0, 0.1) is 34.0 Å². The van der Waals surface area contributed by atoms with Crippen LogP contribution in [0.15, 0.2) is 164 Å². The Bertz CT molecular complexity index is 4880. The third kappa shape index (κ3) is 20.1. The summed E-state index contributed by atoms with van der Waals surface area (Å²) < 4.78 is 57.7. The number of nitriles is 3. The number of benzene rings is 6. The molecule has 0 aliphatic carbocycles. The second-order valence-electron chi connectivity index (χ2n) is 28.8. The molecule has 8 aliphatic rings. The molecule has 11 heterocycles. The van der Waals surface area contributed by atoms with Crippen molar-refractivity contribution in [2.75, 3.05) is 172 Å². The predicted molar refractivity (Wildman–Crippen MR) is 435 cm³/mol. The topological polar surface area (TPSA) is 303 Å². The van der Waals surface area contributed by atoms with Crippen molar-refractivity contribution in [1.82, 2.24) is 45.0 Å². The van der Waals surface area contributed by atoms with Gasteiger partial charge in [0.1, 0.15) is 71.2 Å². The quantitative estimate of drug-likeness (QED) is 0.0551. The molecule has 0 radical (unpaired) electrons. The van der Waals surface area contributed by atoms with Gasteiger partial charge in [0.15, 0.2) is 27.3 Å². The lowest BCUT2D eigenvalue weighted by Crippen LogP contribution is -2.56. The average molecular weight is 1550 g/mol. The minimum Gasteiger partial charge on any atom is -0.489 e. The van der Waals surface area contributed by atoms with E-state index in [1.807, 2.05) is 60.3 Å². The van der Waals surface area contributed by atoms with E-state index in [9.17, 15) is 24.2 Å². The summed E-state index contributed by atoms with van der Waals surface area (Å²) in [6.45, 7) is 17.3. The number of thioether (sulfide) groups is 1. The molecule has 4 N–H and O–H groups in total. The van der Waals surface area contributed by atoms with Gasteiger partial charge in [-0.1, -0.05) is 0 Å². The van der Waals surface area contributed by atoms with Crippen LogP contribution in [0.1, 0.15) is 55.2 Å². The van der Waals surface area contributed by atoms with E-state index in [2.05, 4.69) is 162 Å². The molecule has 0 amide bonds. The van der Waals surface area contributed by atoms with Gasteiger partial charge in [-0.2, -0.15) is 27.5 Å². The van der Waals surface area contributed by atoms with Crippen molar-refractivity contribution < 1.29 is 36.8 Å². The fraction of sp³-hybridized carbons (Fsp3) is 0.393. The van der Waals surface area contributed by atoms with Crippen molar-refractivity contribution in [1.29, 1.82) is 15.8 Å². The number of hydrogen-bond acceptors (Lipinski definition) is 27. The number of sulfone groups is 1. The highest BCUT2D eigenvalue weighted by Gasteiger charge is 2.32. The number of piperazine rings is 3. The zero-order chi connectivity index (χ0) is 76.4. The van der Waals surface area contributed by atoms with Crippen LogP contribution in [0.2, 0.25) is 0 Å². The van der Waals surface area contributed by atoms with Crippen molar-refractivity contribution in [2.45, 2.75) is 68.9 Å². The Kier molecular flexibility index (Phi) is 25.4. The van der Waals surface area contributed by atoms with E-state index in [4.69, 9.17) is 33.4 Å². The summed E-state index contributed by atoms with van der Waals surface area (Å²) in [6.07, 6.45) is 9.74. The van der Waals surface area contributed by atoms with E-state index in [-0.39, 0.29) is 29.8 Å². The molecule has 0 spiro atoms. The highest BCUT2D eigenvalue weighted by atomic mass is 32.2. The molecule has 8 fully saturated rings. The largest absolute Gasteiger partial charge is 0.489 e. The van der Waals surface area contributed by atoms with Gasteiger partial charge in [-0.15, -0.1) is 0 Å². The number of aromatic nitrogens is 6. The second-order valence-corrected chi connectivity index (χ2v) is 32.3. The van der Waals surface area contributed by atoms with Crippen molar-refractivity contribution in [3.63, 3.8) is 0 Å². The third-order valence-electron chi connectivity index (χ3n) is 21.3. The lowest BCUT2D eigenvalue weighted by molar-refractivity contribution is -0.0660. The van der Waals surface area contributed by atoms with Crippen molar-refractivity contribution >= 4 is 73.2 Å². The molecule has 9 aromatic rings. The molecule has 6 aromatic carbocycles. The molecule has 0 atom stereocenters. The summed E-state index contributed by atoms with van der Waals surface area (Å²) in [6, 6.07) is 55.1. The molecule has 8 saturated heterocycles. The maximum atomic E-state index is 11.7. The van der Waals surface area contributed by atoms with Crippen LogP contribution in [-0.4, -0.2) is 220 Å². The van der Waals surface area contributed by atoms with Gasteiger partial charge in [0.05, 0.1) is 79.9 Å². The number of ether oxygens (including phenoxy) is 6. The molecule has 8 aliphatic heterocycles. The Labute approximate surface area is 658 Å². The Morgan fingerprint density at radius 3 is 1.12 bits per heavy atom. The van der Waals surface area contributed by atoms with Crippen molar-refractivity contribution in [3.05, 3.63) is 181 Å². The van der Waals surface area contributed by atoms with Gasteiger partial charge in [-0.3, -0.25) is 9.80 Å². The molecule has 17 rings (SSSR count). The van der Waals surface area contributed by atoms with Gasteiger partial charge in [-0.25, -0.2) is 38.3 Å². The van der Waals surface area contributed by atoms with Crippen LogP contribution in [0.5, 0.6) is 17.2 Å². The molecule has 26 nitrogen and oxygen atoms in total. The van der Waals surface area contributed by atoms with Gasteiger partial charge in [-0.05, 0) is 183 Å². The average Bonchev–Trinajstić information content (AvgIpc) is 0.829. The molecular weight excluding hydrogens is 1450 g/mol. The van der Waals surface area contributed by atoms with Gasteiger partial charge in [0, 0.05) is 161 Å². The van der Waals surface area contributed by atoms with Crippen LogP contribution in [-0.2, 0) is 24.0 Å². The zero-order valence-corrected chi connectivity index (χ0v) is 64.3. The maximum Gasteiger partial charge on any atom is 0.161 e. The predicted octanol–water partition coefficient (Wildman–Crippen LogP) is 11.5. The standard InChI is InChI=1S/C29H32N6O4S.C29H32N6O2S.C26H28N6O2/c30-18-22-17-21(1-6-27(22)39-26-8-15-40(36,37)16-9-26)29-31-10-7-28(33-29)32-23-2-4-24(5-3-23)34-11-13-35(14-12-34)25-19-38-20-25;30-18-22-17-21(1-6-27(22)37-26-8-15-38-16-9-26)29-31-10-7-28(33-29)32-23-2-4-24(5-3-23)34-11-13-35(14-12-34)25-19-36-20-25;27-18-20-17-19(1-6-24(20)34-23-8-15-33-16-9-23)26-29-10-7-25(31-26)30-21-2-4-22(5-3-21)32-13-11-28-12-14-32/h1-7,10,17,25-26H,8-9,11-16,19-20H2,(H,31,32,33);1-7,10,17,25-26H,8-9,11-16,19-20H2,(H,31,32,33);1-7,10,17,23,28H,8-9,11-16H2,(H,29,30,31). The summed E-state index contributed by atoms with van der Waals surface area (Å²) in [7, 11) is -2.98. The highest BCUT2D eigenvalue weighted by Crippen LogP contribution is 2.34. The molecule has 112 heavy (non-hydrogen) atoms. The lowest BCUT2D eigenvalue weighted by atomic mass is 10.1. The Morgan fingerprint density at radius 2 is 0.768 bits per heavy atom. The molecule has 578 valence electrons. The van der Waals surface area contributed by atoms with E-state index in [1.165, 1.54) is 17.1 Å². The monoisotopic (exact) mass is 1540 g/mol. The Hall–Kier alpha value is -10.7. The summed E-state index contributed by atoms with van der Waals surface area (Å²) >= 11 is 1.96. The van der Waals surface area contributed by atoms with Gasteiger partial charge >= 0.3 is 0 Å². The van der Waals surface area contributed by atoms with Crippen molar-refractivity contribution in [2.24, 2.45) is 0 Å². The fourth-order valence-corrected chi connectivity index (χ4v) is 17.1. The van der Waals surface area contributed by atoms with Gasteiger partial charge < -0.3 is 64.4 Å². The first-order valence-corrected chi connectivity index (χ1v) is 41.7. The van der Waals surface area contributed by atoms with Gasteiger partial charge in [0.25, 0.3) is 0 Å². The van der Waals surface area contributed by atoms with E-state index in [1.54, 1.807) is 42.9 Å². The van der Waals surface area contributed by atoms with Gasteiger partial charge in [0.2, 0.25) is 0 Å². The molecule has 0 saturated carbocycles. The first-order valence-electron chi connectivity index (χ1n) is 38.7. The van der Waals surface area contributed by atoms with E-state index < -0.39 is 9.84 Å². The van der Waals surface area contributed by atoms with Crippen LogP contribution in [0.25, 0.3) is 34.2 Å². The molecule has 28 heteroatoms. The van der Waals surface area contributed by atoms with Crippen LogP contribution in [0.4, 0.5) is 51.6 Å². The van der Waals surface area contributed by atoms with E-state index in [0.29, 0.717) is 113 Å². The fourth-order valence-electron chi connectivity index (χ4n) is 14.6. The Balaban J connectivity index is 0.000000133. The molecular formula is C84H92N18O8S2. The smallest absolute Gasteiger partial charge is 0.161 e. The zero-order valence-electron chi connectivity index (χ0n) is 62.6. The third-order valence-corrected chi connectivity index (χ3v) is 24.1. The summed E-state index contributed by atoms with van der Waals surface area (Å²) in [5.74, 6) is 7.78. The first-order chi connectivity index (χ1) is 55.0. The van der Waals surface area contributed by atoms with E-state index in [0.717, 1.165) is 170 Å². The maximum absolute atomic E-state index is 11.7. The van der Waals surface area contributed by atoms with Crippen LogP contribution < -0.4 is 50.2 Å². The number of hydrogen-bond donors (Lipinski definition) is 4. The number of nitrogens with one attached hydrogen (secondary N) is 4.